The lowest BCUT2D eigenvalue weighted by atomic mass is 9.98. The number of fused-ring (bicyclic) bond motifs is 1. The minimum Gasteiger partial charge on any atom is -0.507 e. The summed E-state index contributed by atoms with van der Waals surface area (Å²) < 4.78 is 16.5. The maximum Gasteiger partial charge on any atom is 0.300 e. The first kappa shape index (κ1) is 21.5. The second kappa shape index (κ2) is 8.55. The summed E-state index contributed by atoms with van der Waals surface area (Å²) >= 11 is 0. The molecule has 8 nitrogen and oxygen atoms in total. The fraction of sp³-hybridized carbons (Fsp3) is 0.192. The predicted octanol–water partition coefficient (Wildman–Crippen LogP) is 4.22. The lowest BCUT2D eigenvalue weighted by Gasteiger charge is -2.24. The third kappa shape index (κ3) is 3.73. The molecule has 172 valence electrons. The molecule has 1 N–H and O–H groups in total. The Kier molecular flexibility index (Phi) is 5.41. The van der Waals surface area contributed by atoms with Crippen LogP contribution in [0.4, 0.5) is 5.69 Å². The highest BCUT2D eigenvalue weighted by Crippen LogP contribution is 2.44. The van der Waals surface area contributed by atoms with Crippen molar-refractivity contribution >= 4 is 23.1 Å². The number of benzene rings is 2. The Morgan fingerprint density at radius 3 is 2.65 bits per heavy atom. The molecule has 1 aromatic heterocycles. The third-order valence-electron chi connectivity index (χ3n) is 5.53. The van der Waals surface area contributed by atoms with E-state index in [4.69, 9.17) is 14.2 Å². The first-order valence-electron chi connectivity index (χ1n) is 10.8. The zero-order chi connectivity index (χ0) is 23.8. The average Bonchev–Trinajstić information content (AvgIpc) is 3.41. The Morgan fingerprint density at radius 2 is 1.88 bits per heavy atom. The molecule has 1 saturated heterocycles. The molecule has 2 aliphatic rings. The van der Waals surface area contributed by atoms with Crippen molar-refractivity contribution in [3.8, 4) is 17.2 Å². The Labute approximate surface area is 196 Å². The molecule has 1 atom stereocenters. The molecule has 5 rings (SSSR count). The topological polar surface area (TPSA) is 98.2 Å². The van der Waals surface area contributed by atoms with Gasteiger partial charge < -0.3 is 19.3 Å². The van der Waals surface area contributed by atoms with E-state index in [0.29, 0.717) is 34.2 Å². The fourth-order valence-corrected chi connectivity index (χ4v) is 4.10. The number of hydrogen-bond donors (Lipinski definition) is 1. The van der Waals surface area contributed by atoms with Gasteiger partial charge in [0, 0.05) is 23.5 Å². The number of ether oxygens (including phenoxy) is 3. The normalized spacial score (nSPS) is 18.6. The van der Waals surface area contributed by atoms with Gasteiger partial charge in [0.25, 0.3) is 11.7 Å². The number of aliphatic hydroxyl groups excluding tert-OH is 1. The van der Waals surface area contributed by atoms with Gasteiger partial charge in [-0.15, -0.1) is 0 Å². The Bertz CT molecular complexity index is 1300. The van der Waals surface area contributed by atoms with Gasteiger partial charge in [-0.2, -0.15) is 0 Å². The van der Waals surface area contributed by atoms with Crippen molar-refractivity contribution in [2.45, 2.75) is 26.0 Å². The predicted molar refractivity (Wildman–Crippen MR) is 124 cm³/mol. The number of ketones is 1. The number of Topliss-reactive ketones (excluding diaryl/α,β-unsaturated/α-hetero) is 1. The molecule has 2 aliphatic heterocycles. The van der Waals surface area contributed by atoms with Crippen LogP contribution in [0.25, 0.3) is 5.76 Å². The lowest BCUT2D eigenvalue weighted by Crippen LogP contribution is -2.29. The third-order valence-corrected chi connectivity index (χ3v) is 5.53. The van der Waals surface area contributed by atoms with Crippen LogP contribution in [0.3, 0.4) is 0 Å². The molecule has 1 unspecified atom stereocenters. The van der Waals surface area contributed by atoms with Crippen LogP contribution >= 0.6 is 0 Å². The van der Waals surface area contributed by atoms with E-state index in [0.717, 1.165) is 0 Å². The maximum absolute atomic E-state index is 13.3. The van der Waals surface area contributed by atoms with E-state index in [2.05, 4.69) is 4.98 Å². The van der Waals surface area contributed by atoms with Gasteiger partial charge in [-0.25, -0.2) is 0 Å². The summed E-state index contributed by atoms with van der Waals surface area (Å²) in [5.41, 5.74) is 1.18. The van der Waals surface area contributed by atoms with Crippen LogP contribution in [0.2, 0.25) is 0 Å². The molecular weight excluding hydrogens is 436 g/mol. The SMILES string of the molecule is CC(C)Oc1cccc(/C(O)=C2\C(=O)C(=O)N(c3ccc4c(c3)OCO4)C2c2ccccn2)c1. The summed E-state index contributed by atoms with van der Waals surface area (Å²) in [7, 11) is 0. The maximum atomic E-state index is 13.3. The van der Waals surface area contributed by atoms with E-state index in [1.807, 2.05) is 13.8 Å². The number of carbonyl (C=O) groups excluding carboxylic acids is 2. The summed E-state index contributed by atoms with van der Waals surface area (Å²) in [5, 5.41) is 11.3. The van der Waals surface area contributed by atoms with Crippen LogP contribution in [0.1, 0.15) is 31.1 Å². The van der Waals surface area contributed by atoms with Gasteiger partial charge in [0.2, 0.25) is 6.79 Å². The van der Waals surface area contributed by atoms with Crippen molar-refractivity contribution in [1.29, 1.82) is 0 Å². The molecule has 0 aliphatic carbocycles. The van der Waals surface area contributed by atoms with Crippen molar-refractivity contribution < 1.29 is 28.9 Å². The minimum atomic E-state index is -0.934. The average molecular weight is 458 g/mol. The highest BCUT2D eigenvalue weighted by molar-refractivity contribution is 6.51. The van der Waals surface area contributed by atoms with Crippen molar-refractivity contribution in [3.63, 3.8) is 0 Å². The number of nitrogens with zero attached hydrogens (tertiary/aromatic N) is 2. The van der Waals surface area contributed by atoms with Crippen LogP contribution in [0, 0.1) is 0 Å². The second-order valence-corrected chi connectivity index (χ2v) is 8.16. The van der Waals surface area contributed by atoms with E-state index >= 15 is 0 Å². The van der Waals surface area contributed by atoms with E-state index in [9.17, 15) is 14.7 Å². The van der Waals surface area contributed by atoms with Gasteiger partial charge in [-0.3, -0.25) is 19.5 Å². The van der Waals surface area contributed by atoms with Gasteiger partial charge in [0.05, 0.1) is 17.4 Å². The molecule has 3 aromatic rings. The van der Waals surface area contributed by atoms with Crippen LogP contribution in [0.15, 0.2) is 72.4 Å². The molecule has 0 bridgehead atoms. The van der Waals surface area contributed by atoms with Crippen molar-refractivity contribution in [2.75, 3.05) is 11.7 Å². The Morgan fingerprint density at radius 1 is 1.06 bits per heavy atom. The standard InChI is InChI=1S/C26H22N2O6/c1-15(2)34-18-7-5-6-16(12-18)24(29)22-23(19-8-3-4-11-27-19)28(26(31)25(22)30)17-9-10-20-21(13-17)33-14-32-20/h3-13,15,23,29H,14H2,1-2H3/b24-22+. The summed E-state index contributed by atoms with van der Waals surface area (Å²) in [6, 6.07) is 16.0. The highest BCUT2D eigenvalue weighted by Gasteiger charge is 2.48. The molecule has 2 aromatic carbocycles. The van der Waals surface area contributed by atoms with Gasteiger partial charge in [0.15, 0.2) is 11.5 Å². The number of aromatic nitrogens is 1. The number of carbonyl (C=O) groups is 2. The highest BCUT2D eigenvalue weighted by atomic mass is 16.7. The fourth-order valence-electron chi connectivity index (χ4n) is 4.10. The van der Waals surface area contributed by atoms with Crippen molar-refractivity contribution in [2.24, 2.45) is 0 Å². The van der Waals surface area contributed by atoms with Crippen molar-refractivity contribution in [1.82, 2.24) is 4.98 Å². The van der Waals surface area contributed by atoms with Crippen LogP contribution in [0.5, 0.6) is 17.2 Å². The molecule has 8 heteroatoms. The Hall–Kier alpha value is -4.33. The van der Waals surface area contributed by atoms with Gasteiger partial charge >= 0.3 is 0 Å². The summed E-state index contributed by atoms with van der Waals surface area (Å²) in [6.45, 7) is 3.87. The molecule has 0 saturated carbocycles. The van der Waals surface area contributed by atoms with Crippen LogP contribution in [-0.2, 0) is 9.59 Å². The number of aliphatic hydroxyl groups is 1. The molecule has 34 heavy (non-hydrogen) atoms. The number of pyridine rings is 1. The van der Waals surface area contributed by atoms with Gasteiger partial charge in [-0.1, -0.05) is 18.2 Å². The lowest BCUT2D eigenvalue weighted by molar-refractivity contribution is -0.132. The molecule has 1 amide bonds. The van der Waals surface area contributed by atoms with Crippen molar-refractivity contribution in [3.05, 3.63) is 83.7 Å². The first-order chi connectivity index (χ1) is 16.4. The summed E-state index contributed by atoms with van der Waals surface area (Å²) in [5.74, 6) is -0.314. The first-order valence-corrected chi connectivity index (χ1v) is 10.8. The summed E-state index contributed by atoms with van der Waals surface area (Å²) in [4.78, 5) is 32.2. The monoisotopic (exact) mass is 458 g/mol. The van der Waals surface area contributed by atoms with Gasteiger partial charge in [-0.05, 0) is 50.2 Å². The van der Waals surface area contributed by atoms with E-state index < -0.39 is 17.7 Å². The van der Waals surface area contributed by atoms with Gasteiger partial charge in [0.1, 0.15) is 17.6 Å². The number of anilines is 1. The zero-order valence-corrected chi connectivity index (χ0v) is 18.6. The van der Waals surface area contributed by atoms with Crippen LogP contribution in [-0.4, -0.2) is 34.7 Å². The molecule has 0 spiro atoms. The smallest absolute Gasteiger partial charge is 0.300 e. The number of hydrogen-bond acceptors (Lipinski definition) is 7. The molecular formula is C26H22N2O6. The van der Waals surface area contributed by atoms with E-state index in [1.165, 1.54) is 4.90 Å². The van der Waals surface area contributed by atoms with E-state index in [1.54, 1.807) is 66.9 Å². The number of amides is 1. The number of rotatable bonds is 5. The molecule has 0 radical (unpaired) electrons. The summed E-state index contributed by atoms with van der Waals surface area (Å²) in [6.07, 6.45) is 1.51. The van der Waals surface area contributed by atoms with Crippen LogP contribution < -0.4 is 19.1 Å². The van der Waals surface area contributed by atoms with E-state index in [-0.39, 0.29) is 24.2 Å². The quantitative estimate of drug-likeness (QED) is 0.347. The minimum absolute atomic E-state index is 0.0527. The Balaban J connectivity index is 1.66. The molecule has 1 fully saturated rings. The second-order valence-electron chi connectivity index (χ2n) is 8.16. The molecule has 3 heterocycles. The zero-order valence-electron chi connectivity index (χ0n) is 18.6. The largest absolute Gasteiger partial charge is 0.507 e.